The molecule has 0 saturated heterocycles. The second kappa shape index (κ2) is 3.83. The van der Waals surface area contributed by atoms with Gasteiger partial charge in [-0.15, -0.1) is 0 Å². The molecule has 1 N–H and O–H groups in total. The summed E-state index contributed by atoms with van der Waals surface area (Å²) >= 11 is 0. The summed E-state index contributed by atoms with van der Waals surface area (Å²) in [6.07, 6.45) is 3.42. The molecule has 0 aliphatic heterocycles. The Morgan fingerprint density at radius 3 is 2.44 bits per heavy atom. The smallest absolute Gasteiger partial charge is 0.152 e. The zero-order valence-electron chi connectivity index (χ0n) is 8.92. The number of hydrogen-bond acceptors (Lipinski definition) is 2. The Kier molecular flexibility index (Phi) is 2.29. The molecule has 3 aromatic heterocycles. The Labute approximate surface area is 99.3 Å². The summed E-state index contributed by atoms with van der Waals surface area (Å²) in [6, 6.07) is 1.95. The molecule has 0 bridgehead atoms. The van der Waals surface area contributed by atoms with Crippen molar-refractivity contribution in [3.63, 3.8) is 0 Å². The van der Waals surface area contributed by atoms with Gasteiger partial charge in [-0.25, -0.2) is 18.2 Å². The summed E-state index contributed by atoms with van der Waals surface area (Å²) in [5.74, 6) is -2.11. The minimum atomic E-state index is -0.805. The Morgan fingerprint density at radius 2 is 1.67 bits per heavy atom. The molecule has 3 nitrogen and oxygen atoms in total. The Bertz CT molecular complexity index is 737. The number of pyridine rings is 2. The number of aromatic nitrogens is 3. The highest BCUT2D eigenvalue weighted by Crippen LogP contribution is 2.28. The van der Waals surface area contributed by atoms with Crippen LogP contribution in [0.15, 0.2) is 30.7 Å². The van der Waals surface area contributed by atoms with Gasteiger partial charge in [0, 0.05) is 23.2 Å². The fraction of sp³-hybridized carbons (Fsp3) is 0. The van der Waals surface area contributed by atoms with Gasteiger partial charge in [-0.2, -0.15) is 0 Å². The normalized spacial score (nSPS) is 11.1. The van der Waals surface area contributed by atoms with Crippen molar-refractivity contribution in [2.75, 3.05) is 0 Å². The van der Waals surface area contributed by atoms with Crippen LogP contribution in [0.2, 0.25) is 0 Å². The molecule has 6 heteroatoms. The van der Waals surface area contributed by atoms with Crippen LogP contribution >= 0.6 is 0 Å². The fourth-order valence-corrected chi connectivity index (χ4v) is 1.79. The van der Waals surface area contributed by atoms with Crippen LogP contribution < -0.4 is 0 Å². The maximum Gasteiger partial charge on any atom is 0.152 e. The van der Waals surface area contributed by atoms with E-state index in [9.17, 15) is 13.2 Å². The van der Waals surface area contributed by atoms with Crippen molar-refractivity contribution in [2.24, 2.45) is 0 Å². The number of fused-ring (bicyclic) bond motifs is 1. The van der Waals surface area contributed by atoms with Gasteiger partial charge in [0.1, 0.15) is 23.0 Å². The van der Waals surface area contributed by atoms with E-state index in [-0.39, 0.29) is 5.69 Å². The Balaban J connectivity index is 2.28. The van der Waals surface area contributed by atoms with Crippen LogP contribution in [0.3, 0.4) is 0 Å². The van der Waals surface area contributed by atoms with E-state index >= 15 is 0 Å². The van der Waals surface area contributed by atoms with E-state index < -0.39 is 17.5 Å². The largest absolute Gasteiger partial charge is 0.345 e. The second-order valence-corrected chi connectivity index (χ2v) is 3.74. The lowest BCUT2D eigenvalue weighted by Crippen LogP contribution is -1.90. The molecule has 18 heavy (non-hydrogen) atoms. The average Bonchev–Trinajstić information content (AvgIpc) is 2.72. The number of halogens is 3. The van der Waals surface area contributed by atoms with E-state index in [0.717, 1.165) is 18.5 Å². The van der Waals surface area contributed by atoms with Crippen molar-refractivity contribution in [3.8, 4) is 11.3 Å². The van der Waals surface area contributed by atoms with Crippen molar-refractivity contribution in [1.82, 2.24) is 15.0 Å². The number of rotatable bonds is 1. The number of nitrogens with one attached hydrogen (secondary N) is 1. The van der Waals surface area contributed by atoms with Gasteiger partial charge < -0.3 is 4.98 Å². The summed E-state index contributed by atoms with van der Waals surface area (Å²) in [4.78, 5) is 10.3. The summed E-state index contributed by atoms with van der Waals surface area (Å²) in [5, 5.41) is 0.396. The minimum Gasteiger partial charge on any atom is -0.345 e. The van der Waals surface area contributed by atoms with E-state index in [1.54, 1.807) is 0 Å². The van der Waals surface area contributed by atoms with Crippen LogP contribution in [0.5, 0.6) is 0 Å². The van der Waals surface area contributed by atoms with Gasteiger partial charge in [0.2, 0.25) is 0 Å². The van der Waals surface area contributed by atoms with E-state index in [1.165, 1.54) is 12.3 Å². The lowest BCUT2D eigenvalue weighted by atomic mass is 10.1. The molecule has 0 unspecified atom stereocenters. The van der Waals surface area contributed by atoms with E-state index in [4.69, 9.17) is 0 Å². The topological polar surface area (TPSA) is 41.6 Å². The number of aromatic amines is 1. The summed E-state index contributed by atoms with van der Waals surface area (Å²) in [5.41, 5.74) is 0.710. The first-order valence-corrected chi connectivity index (χ1v) is 5.09. The maximum absolute atomic E-state index is 13.6. The van der Waals surface area contributed by atoms with E-state index in [1.807, 2.05) is 0 Å². The first-order chi connectivity index (χ1) is 8.65. The average molecular weight is 249 g/mol. The molecule has 3 heterocycles. The van der Waals surface area contributed by atoms with Gasteiger partial charge in [0.25, 0.3) is 0 Å². The molecule has 90 valence electrons. The third-order valence-electron chi connectivity index (χ3n) is 2.56. The van der Waals surface area contributed by atoms with Crippen molar-refractivity contribution in [2.45, 2.75) is 0 Å². The molecule has 0 spiro atoms. The van der Waals surface area contributed by atoms with Crippen LogP contribution in [0.1, 0.15) is 0 Å². The number of hydrogen-bond donors (Lipinski definition) is 1. The van der Waals surface area contributed by atoms with Crippen molar-refractivity contribution in [3.05, 3.63) is 48.2 Å². The van der Waals surface area contributed by atoms with Crippen LogP contribution in [0.25, 0.3) is 22.3 Å². The highest BCUT2D eigenvalue weighted by Gasteiger charge is 2.14. The maximum atomic E-state index is 13.6. The molecule has 0 aliphatic carbocycles. The van der Waals surface area contributed by atoms with Gasteiger partial charge in [-0.1, -0.05) is 0 Å². The number of H-pyrrole nitrogens is 1. The first kappa shape index (κ1) is 10.8. The summed E-state index contributed by atoms with van der Waals surface area (Å²) < 4.78 is 39.5. The zero-order valence-corrected chi connectivity index (χ0v) is 8.92. The predicted molar refractivity (Wildman–Crippen MR) is 59.2 cm³/mol. The number of nitrogens with zero attached hydrogens (tertiary/aromatic N) is 2. The van der Waals surface area contributed by atoms with Gasteiger partial charge in [-0.3, -0.25) is 4.98 Å². The van der Waals surface area contributed by atoms with Gasteiger partial charge in [-0.05, 0) is 6.07 Å². The SMILES string of the molecule is Fc1cnc(-c2c[nH]c3ncc(F)cc23)c(F)c1. The molecule has 0 aromatic carbocycles. The molecule has 0 radical (unpaired) electrons. The minimum absolute atomic E-state index is 0.0462. The third-order valence-corrected chi connectivity index (χ3v) is 2.56. The van der Waals surface area contributed by atoms with Crippen LogP contribution in [-0.4, -0.2) is 15.0 Å². The monoisotopic (exact) mass is 249 g/mol. The van der Waals surface area contributed by atoms with Crippen LogP contribution in [-0.2, 0) is 0 Å². The Morgan fingerprint density at radius 1 is 0.944 bits per heavy atom. The van der Waals surface area contributed by atoms with E-state index in [2.05, 4.69) is 15.0 Å². The standard InChI is InChI=1S/C12H6F3N3/c13-6-1-8-9(5-18-12(8)17-4-6)11-10(15)2-7(14)3-16-11/h1-5H,(H,17,18). The second-order valence-electron chi connectivity index (χ2n) is 3.74. The highest BCUT2D eigenvalue weighted by molar-refractivity contribution is 5.92. The molecule has 0 saturated carbocycles. The summed E-state index contributed by atoms with van der Waals surface area (Å²) in [7, 11) is 0. The lowest BCUT2D eigenvalue weighted by Gasteiger charge is -2.00. The van der Waals surface area contributed by atoms with Gasteiger partial charge in [0.05, 0.1) is 12.4 Å². The van der Waals surface area contributed by atoms with Crippen molar-refractivity contribution >= 4 is 11.0 Å². The molecule has 0 fully saturated rings. The van der Waals surface area contributed by atoms with Gasteiger partial charge in [0.15, 0.2) is 5.82 Å². The Hall–Kier alpha value is -2.37. The quantitative estimate of drug-likeness (QED) is 0.720. The van der Waals surface area contributed by atoms with Gasteiger partial charge >= 0.3 is 0 Å². The molecular weight excluding hydrogens is 243 g/mol. The highest BCUT2D eigenvalue weighted by atomic mass is 19.1. The van der Waals surface area contributed by atoms with Crippen molar-refractivity contribution in [1.29, 1.82) is 0 Å². The zero-order chi connectivity index (χ0) is 12.7. The summed E-state index contributed by atoms with van der Waals surface area (Å²) in [6.45, 7) is 0. The molecular formula is C12H6F3N3. The third kappa shape index (κ3) is 1.62. The molecule has 0 aliphatic rings. The molecule has 3 rings (SSSR count). The molecule has 0 amide bonds. The first-order valence-electron chi connectivity index (χ1n) is 5.09. The molecule has 3 aromatic rings. The molecule has 0 atom stereocenters. The lowest BCUT2D eigenvalue weighted by molar-refractivity contribution is 0.576. The van der Waals surface area contributed by atoms with E-state index in [0.29, 0.717) is 16.6 Å². The van der Waals surface area contributed by atoms with Crippen molar-refractivity contribution < 1.29 is 13.2 Å². The van der Waals surface area contributed by atoms with Crippen LogP contribution in [0, 0.1) is 17.5 Å². The predicted octanol–water partition coefficient (Wildman–Crippen LogP) is 3.04. The van der Waals surface area contributed by atoms with Crippen LogP contribution in [0.4, 0.5) is 13.2 Å². The fourth-order valence-electron chi connectivity index (χ4n) is 1.79.